The van der Waals surface area contributed by atoms with Crippen molar-refractivity contribution in [2.24, 2.45) is 5.92 Å². The van der Waals surface area contributed by atoms with Crippen LogP contribution in [0.15, 0.2) is 18.6 Å². The number of rotatable bonds is 3. The Hall–Kier alpha value is -1.91. The van der Waals surface area contributed by atoms with E-state index in [0.29, 0.717) is 17.3 Å². The molecule has 2 heterocycles. The van der Waals surface area contributed by atoms with Gasteiger partial charge in [0, 0.05) is 18.9 Å². The predicted molar refractivity (Wildman–Crippen MR) is 76.6 cm³/mol. The molecule has 0 radical (unpaired) electrons. The first-order valence-electron chi connectivity index (χ1n) is 7.32. The van der Waals surface area contributed by atoms with Crippen molar-refractivity contribution in [2.75, 3.05) is 6.54 Å². The number of fused-ring (bicyclic) bond motifs is 1. The Morgan fingerprint density at radius 2 is 2.20 bits per heavy atom. The average molecular weight is 272 g/mol. The molecular formula is C15H20N4O. The number of nitrogens with zero attached hydrogens (tertiary/aromatic N) is 3. The second-order valence-electron chi connectivity index (χ2n) is 5.56. The lowest BCUT2D eigenvalue weighted by Crippen LogP contribution is -2.31. The smallest absolute Gasteiger partial charge is 0.270 e. The van der Waals surface area contributed by atoms with E-state index >= 15 is 0 Å². The van der Waals surface area contributed by atoms with E-state index in [2.05, 4.69) is 15.3 Å². The Labute approximate surface area is 118 Å². The second kappa shape index (κ2) is 5.61. The Balaban J connectivity index is 1.73. The summed E-state index contributed by atoms with van der Waals surface area (Å²) in [5.41, 5.74) is 2.09. The molecule has 5 nitrogen and oxygen atoms in total. The van der Waals surface area contributed by atoms with E-state index < -0.39 is 0 Å². The lowest BCUT2D eigenvalue weighted by molar-refractivity contribution is 0.0937. The van der Waals surface area contributed by atoms with Gasteiger partial charge >= 0.3 is 0 Å². The fourth-order valence-electron chi connectivity index (χ4n) is 3.01. The van der Waals surface area contributed by atoms with Crippen LogP contribution >= 0.6 is 0 Å². The summed E-state index contributed by atoms with van der Waals surface area (Å²) >= 11 is 0. The molecule has 1 saturated carbocycles. The Morgan fingerprint density at radius 3 is 3.00 bits per heavy atom. The molecule has 0 spiro atoms. The van der Waals surface area contributed by atoms with Crippen LogP contribution in [0, 0.1) is 12.8 Å². The van der Waals surface area contributed by atoms with Crippen LogP contribution in [0.4, 0.5) is 0 Å². The fraction of sp³-hybridized carbons (Fsp3) is 0.533. The monoisotopic (exact) mass is 272 g/mol. The fourth-order valence-corrected chi connectivity index (χ4v) is 3.01. The van der Waals surface area contributed by atoms with Crippen LogP contribution in [0.3, 0.4) is 0 Å². The molecule has 20 heavy (non-hydrogen) atoms. The van der Waals surface area contributed by atoms with Crippen LogP contribution in [0.25, 0.3) is 5.65 Å². The number of amides is 1. The van der Waals surface area contributed by atoms with E-state index in [1.54, 1.807) is 23.0 Å². The Kier molecular flexibility index (Phi) is 3.67. The summed E-state index contributed by atoms with van der Waals surface area (Å²) in [6.07, 6.45) is 11.5. The minimum atomic E-state index is -0.0354. The van der Waals surface area contributed by atoms with Crippen LogP contribution in [0.2, 0.25) is 0 Å². The lowest BCUT2D eigenvalue weighted by Gasteiger charge is -2.21. The maximum Gasteiger partial charge on any atom is 0.270 e. The van der Waals surface area contributed by atoms with Gasteiger partial charge < -0.3 is 5.32 Å². The number of imidazole rings is 1. The average Bonchev–Trinajstić information content (AvgIpc) is 2.82. The van der Waals surface area contributed by atoms with Gasteiger partial charge in [-0.05, 0) is 25.7 Å². The van der Waals surface area contributed by atoms with Crippen LogP contribution in [-0.2, 0) is 0 Å². The van der Waals surface area contributed by atoms with E-state index in [4.69, 9.17) is 0 Å². The number of aryl methyl sites for hydroxylation is 1. The second-order valence-corrected chi connectivity index (χ2v) is 5.56. The zero-order chi connectivity index (χ0) is 13.9. The minimum Gasteiger partial charge on any atom is -0.350 e. The molecule has 1 aliphatic carbocycles. The van der Waals surface area contributed by atoms with Crippen molar-refractivity contribution in [1.82, 2.24) is 19.7 Å². The van der Waals surface area contributed by atoms with E-state index in [-0.39, 0.29) is 5.91 Å². The van der Waals surface area contributed by atoms with Crippen molar-refractivity contribution in [1.29, 1.82) is 0 Å². The number of carbonyl (C=O) groups excluding carboxylic acids is 1. The largest absolute Gasteiger partial charge is 0.350 e. The first-order chi connectivity index (χ1) is 9.75. The zero-order valence-electron chi connectivity index (χ0n) is 11.8. The molecule has 106 valence electrons. The van der Waals surface area contributed by atoms with Gasteiger partial charge in [-0.25, -0.2) is 4.98 Å². The molecule has 0 saturated heterocycles. The molecule has 2 aromatic rings. The molecule has 1 aliphatic rings. The third-order valence-corrected chi connectivity index (χ3v) is 4.10. The summed E-state index contributed by atoms with van der Waals surface area (Å²) in [7, 11) is 0. The minimum absolute atomic E-state index is 0.0354. The lowest BCUT2D eigenvalue weighted by atomic mass is 9.89. The van der Waals surface area contributed by atoms with Gasteiger partial charge in [-0.1, -0.05) is 19.3 Å². The summed E-state index contributed by atoms with van der Waals surface area (Å²) in [5, 5.41) is 3.07. The standard InChI is InChI=1S/C15H20N4O/c1-11-14(19-8-7-16-10-13(19)18-11)15(20)17-9-12-5-3-2-4-6-12/h7-8,10,12H,2-6,9H2,1H3,(H,17,20). The van der Waals surface area contributed by atoms with E-state index in [1.165, 1.54) is 32.1 Å². The SMILES string of the molecule is Cc1nc2cnccn2c1C(=O)NCC1CCCCC1. The summed E-state index contributed by atoms with van der Waals surface area (Å²) in [4.78, 5) is 20.8. The van der Waals surface area contributed by atoms with Gasteiger partial charge in [0.25, 0.3) is 5.91 Å². The number of hydrogen-bond donors (Lipinski definition) is 1. The number of aromatic nitrogens is 3. The van der Waals surface area contributed by atoms with Crippen molar-refractivity contribution in [3.8, 4) is 0 Å². The molecule has 3 rings (SSSR count). The van der Waals surface area contributed by atoms with Crippen molar-refractivity contribution < 1.29 is 4.79 Å². The highest BCUT2D eigenvalue weighted by Crippen LogP contribution is 2.23. The Bertz CT molecular complexity index is 613. The van der Waals surface area contributed by atoms with Gasteiger partial charge in [0.2, 0.25) is 0 Å². The molecule has 0 unspecified atom stereocenters. The third-order valence-electron chi connectivity index (χ3n) is 4.10. The number of hydrogen-bond acceptors (Lipinski definition) is 3. The number of nitrogens with one attached hydrogen (secondary N) is 1. The van der Waals surface area contributed by atoms with E-state index in [0.717, 1.165) is 12.2 Å². The molecule has 5 heteroatoms. The molecule has 2 aromatic heterocycles. The molecule has 0 bridgehead atoms. The van der Waals surface area contributed by atoms with Crippen LogP contribution in [-0.4, -0.2) is 26.8 Å². The molecule has 1 N–H and O–H groups in total. The summed E-state index contributed by atoms with van der Waals surface area (Å²) in [6, 6.07) is 0. The third kappa shape index (κ3) is 2.53. The molecule has 0 atom stereocenters. The van der Waals surface area contributed by atoms with Gasteiger partial charge in [0.1, 0.15) is 5.69 Å². The van der Waals surface area contributed by atoms with Gasteiger partial charge in [-0.2, -0.15) is 0 Å². The molecule has 1 fully saturated rings. The summed E-state index contributed by atoms with van der Waals surface area (Å²) in [6.45, 7) is 2.64. The van der Waals surface area contributed by atoms with Crippen LogP contribution < -0.4 is 5.32 Å². The summed E-state index contributed by atoms with van der Waals surface area (Å²) < 4.78 is 1.80. The van der Waals surface area contributed by atoms with Crippen LogP contribution in [0.5, 0.6) is 0 Å². The predicted octanol–water partition coefficient (Wildman–Crippen LogP) is 2.35. The van der Waals surface area contributed by atoms with Gasteiger partial charge in [0.15, 0.2) is 5.65 Å². The van der Waals surface area contributed by atoms with Crippen molar-refractivity contribution in [3.63, 3.8) is 0 Å². The Morgan fingerprint density at radius 1 is 1.40 bits per heavy atom. The van der Waals surface area contributed by atoms with E-state index in [9.17, 15) is 4.79 Å². The quantitative estimate of drug-likeness (QED) is 0.933. The molecule has 1 amide bonds. The highest BCUT2D eigenvalue weighted by Gasteiger charge is 2.19. The van der Waals surface area contributed by atoms with Crippen LogP contribution in [0.1, 0.15) is 48.3 Å². The van der Waals surface area contributed by atoms with Gasteiger partial charge in [-0.3, -0.25) is 14.2 Å². The summed E-state index contributed by atoms with van der Waals surface area (Å²) in [5.74, 6) is 0.598. The number of carbonyl (C=O) groups is 1. The first-order valence-corrected chi connectivity index (χ1v) is 7.32. The van der Waals surface area contributed by atoms with Gasteiger partial charge in [-0.15, -0.1) is 0 Å². The zero-order valence-corrected chi connectivity index (χ0v) is 11.8. The van der Waals surface area contributed by atoms with E-state index in [1.807, 2.05) is 6.92 Å². The van der Waals surface area contributed by atoms with Gasteiger partial charge in [0.05, 0.1) is 11.9 Å². The normalized spacial score (nSPS) is 16.4. The topological polar surface area (TPSA) is 59.3 Å². The molecule has 0 aromatic carbocycles. The highest BCUT2D eigenvalue weighted by molar-refractivity contribution is 5.94. The molecular weight excluding hydrogens is 252 g/mol. The highest BCUT2D eigenvalue weighted by atomic mass is 16.1. The molecule has 0 aliphatic heterocycles. The van der Waals surface area contributed by atoms with Crippen molar-refractivity contribution in [3.05, 3.63) is 30.0 Å². The van der Waals surface area contributed by atoms with Crippen molar-refractivity contribution >= 4 is 11.6 Å². The maximum absolute atomic E-state index is 12.4. The maximum atomic E-state index is 12.4. The first kappa shape index (κ1) is 13.1. The van der Waals surface area contributed by atoms with Crippen molar-refractivity contribution in [2.45, 2.75) is 39.0 Å².